The zero-order valence-corrected chi connectivity index (χ0v) is 14.3. The van der Waals surface area contributed by atoms with E-state index in [1.807, 2.05) is 24.3 Å². The molecule has 0 aromatic heterocycles. The minimum atomic E-state index is -1.49. The second-order valence-corrected chi connectivity index (χ2v) is 5.29. The standard InChI is InChI=1S/C13H8O4.C6H6O2.Ni/c1-2-6-10-9(5-1)14-13(15-10)16-11-7-3-4-8-12(11)17-13;7-5-3-1-2-4-6(5)8;/h1-8H;1-4,7-8H;. The van der Waals surface area contributed by atoms with Crippen LogP contribution in [-0.4, -0.2) is 16.4 Å². The Labute approximate surface area is 159 Å². The molecule has 7 heteroatoms. The Bertz CT molecular complexity index is 786. The fourth-order valence-electron chi connectivity index (χ4n) is 2.37. The quantitative estimate of drug-likeness (QED) is 0.446. The molecule has 6 nitrogen and oxygen atoms in total. The first kappa shape index (κ1) is 17.8. The Morgan fingerprint density at radius 3 is 1.04 bits per heavy atom. The largest absolute Gasteiger partial charge is 0.611 e. The van der Waals surface area contributed by atoms with Crippen molar-refractivity contribution < 1.29 is 45.7 Å². The number of hydrogen-bond donors (Lipinski definition) is 2. The average molecular weight is 397 g/mol. The van der Waals surface area contributed by atoms with E-state index in [0.717, 1.165) is 0 Å². The van der Waals surface area contributed by atoms with Crippen LogP contribution in [0.3, 0.4) is 0 Å². The Hall–Kier alpha value is -3.05. The van der Waals surface area contributed by atoms with Gasteiger partial charge in [0.1, 0.15) is 0 Å². The number of phenols is 2. The summed E-state index contributed by atoms with van der Waals surface area (Å²) in [6.07, 6.45) is -1.49. The van der Waals surface area contributed by atoms with Crippen molar-refractivity contribution in [3.05, 3.63) is 72.8 Å². The Morgan fingerprint density at radius 2 is 0.769 bits per heavy atom. The van der Waals surface area contributed by atoms with E-state index in [1.165, 1.54) is 12.1 Å². The van der Waals surface area contributed by atoms with Crippen LogP contribution in [0.4, 0.5) is 0 Å². The van der Waals surface area contributed by atoms with Gasteiger partial charge in [-0.2, -0.15) is 0 Å². The SMILES string of the molecule is Oc1ccccc1O.[Ni].c1ccc2c(c1)OC1(O2)Oc2ccccc2O1. The van der Waals surface area contributed by atoms with E-state index in [-0.39, 0.29) is 28.0 Å². The van der Waals surface area contributed by atoms with E-state index in [4.69, 9.17) is 29.2 Å². The first-order valence-electron chi connectivity index (χ1n) is 7.56. The van der Waals surface area contributed by atoms with Gasteiger partial charge >= 0.3 is 6.16 Å². The molecule has 0 bridgehead atoms. The summed E-state index contributed by atoms with van der Waals surface area (Å²) in [6, 6.07) is 20.8. The molecule has 2 N–H and O–H groups in total. The number of benzene rings is 3. The van der Waals surface area contributed by atoms with Crippen molar-refractivity contribution in [3.63, 3.8) is 0 Å². The number of aromatic hydroxyl groups is 2. The van der Waals surface area contributed by atoms with Gasteiger partial charge in [0.2, 0.25) is 0 Å². The summed E-state index contributed by atoms with van der Waals surface area (Å²) in [7, 11) is 0. The molecule has 0 atom stereocenters. The van der Waals surface area contributed by atoms with E-state index in [1.54, 1.807) is 36.4 Å². The first-order chi connectivity index (χ1) is 12.2. The molecule has 1 spiro atoms. The van der Waals surface area contributed by atoms with Crippen LogP contribution >= 0.6 is 0 Å². The van der Waals surface area contributed by atoms with Gasteiger partial charge in [0, 0.05) is 16.5 Å². The van der Waals surface area contributed by atoms with Crippen molar-refractivity contribution in [2.75, 3.05) is 0 Å². The number of phenolic OH excluding ortho intramolecular Hbond substituents is 2. The maximum Gasteiger partial charge on any atom is 0.611 e. The van der Waals surface area contributed by atoms with Gasteiger partial charge in [-0.25, -0.2) is 0 Å². The van der Waals surface area contributed by atoms with Gasteiger partial charge in [-0.3, -0.25) is 0 Å². The third-order valence-corrected chi connectivity index (χ3v) is 3.52. The molecule has 26 heavy (non-hydrogen) atoms. The summed E-state index contributed by atoms with van der Waals surface area (Å²) < 4.78 is 22.3. The van der Waals surface area contributed by atoms with Crippen LogP contribution in [0.1, 0.15) is 0 Å². The molecule has 2 aliphatic rings. The molecule has 0 fully saturated rings. The van der Waals surface area contributed by atoms with Crippen LogP contribution in [-0.2, 0) is 16.5 Å². The van der Waals surface area contributed by atoms with Crippen LogP contribution in [0.5, 0.6) is 34.5 Å². The van der Waals surface area contributed by atoms with Crippen LogP contribution in [0, 0.1) is 0 Å². The van der Waals surface area contributed by atoms with Crippen LogP contribution in [0.25, 0.3) is 0 Å². The van der Waals surface area contributed by atoms with E-state index < -0.39 is 6.16 Å². The summed E-state index contributed by atoms with van der Waals surface area (Å²) in [5, 5.41) is 17.3. The molecule has 0 amide bonds. The minimum Gasteiger partial charge on any atom is -0.504 e. The van der Waals surface area contributed by atoms with Crippen molar-refractivity contribution in [2.24, 2.45) is 0 Å². The second kappa shape index (κ2) is 7.06. The van der Waals surface area contributed by atoms with Crippen LogP contribution in [0.15, 0.2) is 72.8 Å². The van der Waals surface area contributed by atoms with Gasteiger partial charge in [0.15, 0.2) is 34.5 Å². The van der Waals surface area contributed by atoms with E-state index in [9.17, 15) is 0 Å². The monoisotopic (exact) mass is 396 g/mol. The van der Waals surface area contributed by atoms with Crippen molar-refractivity contribution in [1.29, 1.82) is 0 Å². The van der Waals surface area contributed by atoms with Gasteiger partial charge in [0.05, 0.1) is 0 Å². The second-order valence-electron chi connectivity index (χ2n) is 5.29. The Morgan fingerprint density at radius 1 is 0.500 bits per heavy atom. The maximum absolute atomic E-state index is 8.67. The Balaban J connectivity index is 0.000000187. The molecule has 3 aromatic rings. The number of fused-ring (bicyclic) bond motifs is 2. The van der Waals surface area contributed by atoms with Crippen molar-refractivity contribution in [1.82, 2.24) is 0 Å². The smallest absolute Gasteiger partial charge is 0.504 e. The molecule has 5 rings (SSSR count). The molecule has 136 valence electrons. The average Bonchev–Trinajstić information content (AvgIpc) is 3.16. The molecule has 0 saturated carbocycles. The molecule has 0 unspecified atom stereocenters. The normalized spacial score (nSPS) is 14.2. The molecule has 2 aliphatic heterocycles. The molecule has 0 radical (unpaired) electrons. The molecule has 3 aromatic carbocycles. The Kier molecular flexibility index (Phi) is 4.82. The predicted molar refractivity (Wildman–Crippen MR) is 87.9 cm³/mol. The van der Waals surface area contributed by atoms with Gasteiger partial charge in [0.25, 0.3) is 0 Å². The summed E-state index contributed by atoms with van der Waals surface area (Å²) in [5.41, 5.74) is 0. The van der Waals surface area contributed by atoms with E-state index >= 15 is 0 Å². The maximum atomic E-state index is 8.67. The van der Waals surface area contributed by atoms with Gasteiger partial charge in [-0.05, 0) is 36.4 Å². The van der Waals surface area contributed by atoms with Gasteiger partial charge in [-0.15, -0.1) is 0 Å². The molecule has 0 aliphatic carbocycles. The van der Waals surface area contributed by atoms with Crippen molar-refractivity contribution >= 4 is 0 Å². The topological polar surface area (TPSA) is 77.4 Å². The van der Waals surface area contributed by atoms with Gasteiger partial charge in [-0.1, -0.05) is 36.4 Å². The first-order valence-corrected chi connectivity index (χ1v) is 7.56. The number of ether oxygens (including phenoxy) is 4. The third kappa shape index (κ3) is 3.34. The summed E-state index contributed by atoms with van der Waals surface area (Å²) in [6.45, 7) is 0. The fraction of sp³-hybridized carbons (Fsp3) is 0.0526. The van der Waals surface area contributed by atoms with Gasteiger partial charge < -0.3 is 29.2 Å². The molecule has 2 heterocycles. The predicted octanol–water partition coefficient (Wildman–Crippen LogP) is 3.64. The zero-order valence-electron chi connectivity index (χ0n) is 13.3. The summed E-state index contributed by atoms with van der Waals surface area (Å²) in [5.74, 6) is 2.29. The molecular weight excluding hydrogens is 383 g/mol. The summed E-state index contributed by atoms with van der Waals surface area (Å²) in [4.78, 5) is 0. The fourth-order valence-corrected chi connectivity index (χ4v) is 2.37. The van der Waals surface area contributed by atoms with E-state index in [0.29, 0.717) is 23.0 Å². The van der Waals surface area contributed by atoms with Crippen LogP contribution < -0.4 is 18.9 Å². The van der Waals surface area contributed by atoms with Crippen LogP contribution in [0.2, 0.25) is 0 Å². The number of para-hydroxylation sites is 6. The minimum absolute atomic E-state index is 0. The van der Waals surface area contributed by atoms with Crippen molar-refractivity contribution in [2.45, 2.75) is 6.16 Å². The zero-order chi connectivity index (χ0) is 17.3. The van der Waals surface area contributed by atoms with Crippen molar-refractivity contribution in [3.8, 4) is 34.5 Å². The number of hydrogen-bond acceptors (Lipinski definition) is 6. The third-order valence-electron chi connectivity index (χ3n) is 3.52. The number of rotatable bonds is 0. The molecule has 0 saturated heterocycles. The van der Waals surface area contributed by atoms with E-state index in [2.05, 4.69) is 0 Å². The summed E-state index contributed by atoms with van der Waals surface area (Å²) >= 11 is 0. The molecular formula is C19H14NiO6.